The average molecular weight is 374 g/mol. The molecule has 0 aliphatic rings. The number of pyridine rings is 1. The molecule has 1 aromatic carbocycles. The van der Waals surface area contributed by atoms with E-state index in [0.717, 1.165) is 17.1 Å². The van der Waals surface area contributed by atoms with E-state index in [-0.39, 0.29) is 17.2 Å². The van der Waals surface area contributed by atoms with E-state index >= 15 is 0 Å². The Hall–Kier alpha value is -3.81. The normalized spacial score (nSPS) is 10.9. The van der Waals surface area contributed by atoms with Gasteiger partial charge in [-0.05, 0) is 25.1 Å². The van der Waals surface area contributed by atoms with Gasteiger partial charge in [-0.1, -0.05) is 18.2 Å². The third-order valence-corrected chi connectivity index (χ3v) is 4.51. The minimum atomic E-state index is -0.340. The van der Waals surface area contributed by atoms with Crippen molar-refractivity contribution in [3.8, 4) is 11.4 Å². The van der Waals surface area contributed by atoms with Crippen molar-refractivity contribution in [1.82, 2.24) is 30.0 Å². The Morgan fingerprint density at radius 3 is 2.75 bits per heavy atom. The summed E-state index contributed by atoms with van der Waals surface area (Å²) in [5.74, 6) is 0.459. The van der Waals surface area contributed by atoms with E-state index < -0.39 is 0 Å². The zero-order valence-electron chi connectivity index (χ0n) is 15.2. The molecular formula is C20H18N6O2. The molecule has 0 saturated carbocycles. The van der Waals surface area contributed by atoms with E-state index in [4.69, 9.17) is 0 Å². The van der Waals surface area contributed by atoms with Crippen LogP contribution in [0.5, 0.6) is 0 Å². The molecular weight excluding hydrogens is 356 g/mol. The summed E-state index contributed by atoms with van der Waals surface area (Å²) in [5.41, 5.74) is 1.78. The second kappa shape index (κ2) is 7.43. The van der Waals surface area contributed by atoms with Gasteiger partial charge in [0.25, 0.3) is 11.5 Å². The van der Waals surface area contributed by atoms with E-state index in [1.165, 1.54) is 0 Å². The standard InChI is InChI=1S/C20H18N6O2/c1-13-11-23-18(14-5-4-8-21-12-14)26(13)10-9-22-20(28)17-15-6-2-3-7-16(15)19(27)25-24-17/h2-8,11-12H,9-10H2,1H3,(H,22,28)(H,25,27). The van der Waals surface area contributed by atoms with Crippen LogP contribution >= 0.6 is 0 Å². The fourth-order valence-corrected chi connectivity index (χ4v) is 3.12. The van der Waals surface area contributed by atoms with Crippen LogP contribution in [0.4, 0.5) is 0 Å². The molecule has 4 rings (SSSR count). The van der Waals surface area contributed by atoms with Gasteiger partial charge in [-0.2, -0.15) is 5.10 Å². The number of imidazole rings is 1. The highest BCUT2D eigenvalue weighted by molar-refractivity contribution is 6.04. The molecule has 3 heterocycles. The van der Waals surface area contributed by atoms with Gasteiger partial charge in [0.05, 0.1) is 5.39 Å². The Labute approximate surface area is 160 Å². The number of carbonyl (C=O) groups is 1. The smallest absolute Gasteiger partial charge is 0.272 e. The van der Waals surface area contributed by atoms with Crippen molar-refractivity contribution in [2.75, 3.05) is 6.54 Å². The maximum atomic E-state index is 12.6. The first-order valence-corrected chi connectivity index (χ1v) is 8.83. The van der Waals surface area contributed by atoms with Crippen molar-refractivity contribution in [2.45, 2.75) is 13.5 Å². The minimum absolute atomic E-state index is 0.199. The van der Waals surface area contributed by atoms with Gasteiger partial charge in [0.2, 0.25) is 0 Å². The van der Waals surface area contributed by atoms with Crippen LogP contribution in [0.3, 0.4) is 0 Å². The highest BCUT2D eigenvalue weighted by Crippen LogP contribution is 2.18. The Morgan fingerprint density at radius 2 is 1.96 bits per heavy atom. The van der Waals surface area contributed by atoms with Crippen LogP contribution in [0.15, 0.2) is 59.8 Å². The zero-order valence-corrected chi connectivity index (χ0v) is 15.2. The zero-order chi connectivity index (χ0) is 19.5. The van der Waals surface area contributed by atoms with Crippen molar-refractivity contribution in [3.63, 3.8) is 0 Å². The molecule has 4 aromatic rings. The number of aromatic nitrogens is 5. The van der Waals surface area contributed by atoms with Crippen molar-refractivity contribution < 1.29 is 4.79 Å². The molecule has 0 aliphatic heterocycles. The fraction of sp³-hybridized carbons (Fsp3) is 0.150. The van der Waals surface area contributed by atoms with Crippen LogP contribution in [0.1, 0.15) is 16.2 Å². The number of hydrogen-bond donors (Lipinski definition) is 2. The molecule has 0 spiro atoms. The van der Waals surface area contributed by atoms with E-state index in [9.17, 15) is 9.59 Å². The van der Waals surface area contributed by atoms with Gasteiger partial charge < -0.3 is 9.88 Å². The lowest BCUT2D eigenvalue weighted by Crippen LogP contribution is -2.29. The van der Waals surface area contributed by atoms with Crippen LogP contribution in [0.25, 0.3) is 22.2 Å². The summed E-state index contributed by atoms with van der Waals surface area (Å²) in [6.45, 7) is 2.90. The van der Waals surface area contributed by atoms with Gasteiger partial charge in [0, 0.05) is 48.3 Å². The Bertz CT molecular complexity index is 1200. The predicted octanol–water partition coefficient (Wildman–Crippen LogP) is 1.92. The largest absolute Gasteiger partial charge is 0.349 e. The highest BCUT2D eigenvalue weighted by atomic mass is 16.2. The number of aryl methyl sites for hydroxylation is 1. The van der Waals surface area contributed by atoms with Crippen molar-refractivity contribution in [3.05, 3.63) is 76.7 Å². The lowest BCUT2D eigenvalue weighted by atomic mass is 10.1. The molecule has 3 aromatic heterocycles. The molecule has 0 unspecified atom stereocenters. The fourth-order valence-electron chi connectivity index (χ4n) is 3.12. The second-order valence-electron chi connectivity index (χ2n) is 6.32. The SMILES string of the molecule is Cc1cnc(-c2cccnc2)n1CCNC(=O)c1n[nH]c(=O)c2ccccc12. The summed E-state index contributed by atoms with van der Waals surface area (Å²) >= 11 is 0. The first-order chi connectivity index (χ1) is 13.6. The number of aromatic amines is 1. The molecule has 8 nitrogen and oxygen atoms in total. The molecule has 0 bridgehead atoms. The number of hydrogen-bond acceptors (Lipinski definition) is 5. The summed E-state index contributed by atoms with van der Waals surface area (Å²) in [4.78, 5) is 33.1. The molecule has 0 atom stereocenters. The van der Waals surface area contributed by atoms with Crippen LogP contribution in [0.2, 0.25) is 0 Å². The second-order valence-corrected chi connectivity index (χ2v) is 6.32. The van der Waals surface area contributed by atoms with Gasteiger partial charge in [0.15, 0.2) is 5.69 Å². The van der Waals surface area contributed by atoms with Crippen LogP contribution in [-0.4, -0.2) is 37.2 Å². The van der Waals surface area contributed by atoms with Crippen LogP contribution < -0.4 is 10.9 Å². The van der Waals surface area contributed by atoms with Crippen LogP contribution in [-0.2, 0) is 6.54 Å². The van der Waals surface area contributed by atoms with Crippen molar-refractivity contribution in [2.24, 2.45) is 0 Å². The van der Waals surface area contributed by atoms with Gasteiger partial charge in [0.1, 0.15) is 5.82 Å². The monoisotopic (exact) mass is 374 g/mol. The molecule has 28 heavy (non-hydrogen) atoms. The predicted molar refractivity (Wildman–Crippen MR) is 105 cm³/mol. The Balaban J connectivity index is 1.51. The molecule has 140 valence electrons. The summed E-state index contributed by atoms with van der Waals surface area (Å²) in [5, 5.41) is 10.1. The van der Waals surface area contributed by atoms with Gasteiger partial charge in [-0.15, -0.1) is 0 Å². The third kappa shape index (κ3) is 3.27. The topological polar surface area (TPSA) is 106 Å². The molecule has 0 fully saturated rings. The number of amides is 1. The quantitative estimate of drug-likeness (QED) is 0.555. The average Bonchev–Trinajstić information content (AvgIpc) is 3.09. The number of H-pyrrole nitrogens is 1. The first kappa shape index (κ1) is 17.6. The number of rotatable bonds is 5. The minimum Gasteiger partial charge on any atom is -0.349 e. The van der Waals surface area contributed by atoms with Gasteiger partial charge in [-0.25, -0.2) is 10.1 Å². The van der Waals surface area contributed by atoms with Crippen molar-refractivity contribution in [1.29, 1.82) is 0 Å². The lowest BCUT2D eigenvalue weighted by molar-refractivity contribution is 0.0948. The Morgan fingerprint density at radius 1 is 1.14 bits per heavy atom. The number of fused-ring (bicyclic) bond motifs is 1. The number of carbonyl (C=O) groups excluding carboxylic acids is 1. The maximum absolute atomic E-state index is 12.6. The molecule has 0 aliphatic carbocycles. The first-order valence-electron chi connectivity index (χ1n) is 8.83. The van der Waals surface area contributed by atoms with E-state index in [1.54, 1.807) is 42.9 Å². The molecule has 2 N–H and O–H groups in total. The summed E-state index contributed by atoms with van der Waals surface area (Å²) in [6, 6.07) is 10.7. The van der Waals surface area contributed by atoms with Gasteiger partial charge >= 0.3 is 0 Å². The summed E-state index contributed by atoms with van der Waals surface area (Å²) < 4.78 is 2.02. The molecule has 0 saturated heterocycles. The van der Waals surface area contributed by atoms with E-state index in [2.05, 4.69) is 25.5 Å². The maximum Gasteiger partial charge on any atom is 0.272 e. The van der Waals surface area contributed by atoms with Crippen molar-refractivity contribution >= 4 is 16.7 Å². The molecule has 1 amide bonds. The molecule has 8 heteroatoms. The van der Waals surface area contributed by atoms with E-state index in [1.807, 2.05) is 23.6 Å². The van der Waals surface area contributed by atoms with Crippen LogP contribution in [0, 0.1) is 6.92 Å². The molecule has 0 radical (unpaired) electrons. The Kier molecular flexibility index (Phi) is 4.67. The highest BCUT2D eigenvalue weighted by Gasteiger charge is 2.14. The van der Waals surface area contributed by atoms with E-state index in [0.29, 0.717) is 23.9 Å². The number of nitrogens with one attached hydrogen (secondary N) is 2. The summed E-state index contributed by atoms with van der Waals surface area (Å²) in [6.07, 6.45) is 5.26. The number of nitrogens with zero attached hydrogens (tertiary/aromatic N) is 4. The number of benzene rings is 1. The summed E-state index contributed by atoms with van der Waals surface area (Å²) in [7, 11) is 0. The lowest BCUT2D eigenvalue weighted by Gasteiger charge is -2.11. The van der Waals surface area contributed by atoms with Gasteiger partial charge in [-0.3, -0.25) is 14.6 Å². The third-order valence-electron chi connectivity index (χ3n) is 4.51.